The van der Waals surface area contributed by atoms with Crippen LogP contribution in [-0.4, -0.2) is 46.2 Å². The molecule has 116 valence electrons. The summed E-state index contributed by atoms with van der Waals surface area (Å²) in [6.07, 6.45) is 1.40. The molecule has 1 aromatic heterocycles. The molecule has 0 radical (unpaired) electrons. The number of benzene rings is 1. The zero-order valence-electron chi connectivity index (χ0n) is 12.0. The number of phenols is 1. The van der Waals surface area contributed by atoms with E-state index in [0.29, 0.717) is 17.9 Å². The molecule has 1 aliphatic rings. The Morgan fingerprint density at radius 1 is 1.27 bits per heavy atom. The summed E-state index contributed by atoms with van der Waals surface area (Å²) < 4.78 is 13.3. The molecular formula is C15H17FN4O2. The zero-order chi connectivity index (χ0) is 15.5. The summed E-state index contributed by atoms with van der Waals surface area (Å²) in [5.74, 6) is -0.206. The molecule has 1 fully saturated rings. The van der Waals surface area contributed by atoms with Gasteiger partial charge in [-0.3, -0.25) is 9.69 Å². The maximum atomic E-state index is 13.3. The molecule has 2 heterocycles. The van der Waals surface area contributed by atoms with Crippen LogP contribution in [0.15, 0.2) is 35.4 Å². The van der Waals surface area contributed by atoms with Crippen molar-refractivity contribution in [2.75, 3.05) is 31.1 Å². The van der Waals surface area contributed by atoms with Gasteiger partial charge >= 0.3 is 0 Å². The van der Waals surface area contributed by atoms with Gasteiger partial charge in [-0.15, -0.1) is 0 Å². The molecule has 6 nitrogen and oxygen atoms in total. The van der Waals surface area contributed by atoms with Crippen molar-refractivity contribution >= 4 is 5.82 Å². The van der Waals surface area contributed by atoms with Crippen LogP contribution < -0.4 is 10.5 Å². The number of H-pyrrole nitrogens is 1. The molecule has 7 heteroatoms. The Balaban J connectivity index is 1.62. The van der Waals surface area contributed by atoms with Crippen molar-refractivity contribution in [1.29, 1.82) is 0 Å². The van der Waals surface area contributed by atoms with Gasteiger partial charge in [0.2, 0.25) is 0 Å². The molecule has 2 aromatic rings. The van der Waals surface area contributed by atoms with Crippen LogP contribution in [0.5, 0.6) is 5.75 Å². The van der Waals surface area contributed by atoms with Gasteiger partial charge in [0, 0.05) is 44.4 Å². The van der Waals surface area contributed by atoms with E-state index in [9.17, 15) is 14.3 Å². The Bertz CT molecular complexity index is 711. The van der Waals surface area contributed by atoms with E-state index in [1.807, 2.05) is 4.90 Å². The molecule has 0 saturated carbocycles. The van der Waals surface area contributed by atoms with Crippen LogP contribution in [0.4, 0.5) is 10.2 Å². The van der Waals surface area contributed by atoms with Gasteiger partial charge in [-0.2, -0.15) is 0 Å². The number of rotatable bonds is 3. The fraction of sp³-hybridized carbons (Fsp3) is 0.333. The van der Waals surface area contributed by atoms with E-state index in [4.69, 9.17) is 0 Å². The van der Waals surface area contributed by atoms with Gasteiger partial charge in [0.05, 0.1) is 6.33 Å². The highest BCUT2D eigenvalue weighted by Gasteiger charge is 2.19. The molecule has 1 saturated heterocycles. The van der Waals surface area contributed by atoms with Gasteiger partial charge in [-0.25, -0.2) is 9.37 Å². The summed E-state index contributed by atoms with van der Waals surface area (Å²) in [7, 11) is 0. The second-order valence-electron chi connectivity index (χ2n) is 5.28. The van der Waals surface area contributed by atoms with Gasteiger partial charge in [0.25, 0.3) is 5.56 Å². The number of aromatic amines is 1. The number of halogens is 1. The lowest BCUT2D eigenvalue weighted by atomic mass is 10.1. The number of phenolic OH excluding ortho intramolecular Hbond substituents is 1. The third kappa shape index (κ3) is 3.09. The van der Waals surface area contributed by atoms with Crippen molar-refractivity contribution in [3.05, 3.63) is 52.3 Å². The SMILES string of the molecule is O=c1cc(N2CCN(Cc3cccc(F)c3O)CC2)nc[nH]1. The Morgan fingerprint density at radius 3 is 2.77 bits per heavy atom. The maximum Gasteiger partial charge on any atom is 0.252 e. The third-order valence-corrected chi connectivity index (χ3v) is 3.82. The van der Waals surface area contributed by atoms with E-state index in [1.54, 1.807) is 12.1 Å². The summed E-state index contributed by atoms with van der Waals surface area (Å²) in [5, 5.41) is 9.73. The van der Waals surface area contributed by atoms with Gasteiger partial charge in [-0.1, -0.05) is 12.1 Å². The van der Waals surface area contributed by atoms with Gasteiger partial charge in [0.15, 0.2) is 11.6 Å². The highest BCUT2D eigenvalue weighted by atomic mass is 19.1. The lowest BCUT2D eigenvalue weighted by Gasteiger charge is -2.35. The van der Waals surface area contributed by atoms with E-state index in [2.05, 4.69) is 14.9 Å². The molecule has 0 unspecified atom stereocenters. The minimum absolute atomic E-state index is 0.169. The standard InChI is InChI=1S/C15H17FN4O2/c16-12-3-1-2-11(15(12)22)9-19-4-6-20(7-5-19)13-8-14(21)18-10-17-13/h1-3,8,10,22H,4-7,9H2,(H,17,18,21). The van der Waals surface area contributed by atoms with Gasteiger partial charge in [-0.05, 0) is 6.07 Å². The Morgan fingerprint density at radius 2 is 2.05 bits per heavy atom. The minimum atomic E-state index is -0.594. The normalized spacial score (nSPS) is 16.0. The molecule has 0 amide bonds. The average molecular weight is 304 g/mol. The number of aromatic hydroxyl groups is 1. The highest BCUT2D eigenvalue weighted by molar-refractivity contribution is 5.37. The summed E-state index contributed by atoms with van der Waals surface area (Å²) >= 11 is 0. The number of piperazine rings is 1. The molecule has 22 heavy (non-hydrogen) atoms. The Hall–Kier alpha value is -2.41. The third-order valence-electron chi connectivity index (χ3n) is 3.82. The summed E-state index contributed by atoms with van der Waals surface area (Å²) in [4.78, 5) is 22.1. The van der Waals surface area contributed by atoms with Crippen molar-refractivity contribution in [1.82, 2.24) is 14.9 Å². The predicted molar refractivity (Wildman–Crippen MR) is 80.4 cm³/mol. The minimum Gasteiger partial charge on any atom is -0.505 e. The fourth-order valence-electron chi connectivity index (χ4n) is 2.59. The number of nitrogens with zero attached hydrogens (tertiary/aromatic N) is 3. The summed E-state index contributed by atoms with van der Waals surface area (Å²) in [5.41, 5.74) is 0.417. The number of para-hydroxylation sites is 1. The first-order chi connectivity index (χ1) is 10.6. The van der Waals surface area contributed by atoms with Crippen molar-refractivity contribution < 1.29 is 9.50 Å². The van der Waals surface area contributed by atoms with Crippen LogP contribution in [0, 0.1) is 5.82 Å². The largest absolute Gasteiger partial charge is 0.505 e. The number of nitrogens with one attached hydrogen (secondary N) is 1. The summed E-state index contributed by atoms with van der Waals surface area (Å²) in [6, 6.07) is 6.05. The van der Waals surface area contributed by atoms with Crippen LogP contribution >= 0.6 is 0 Å². The molecule has 0 atom stereocenters. The zero-order valence-corrected chi connectivity index (χ0v) is 12.0. The van der Waals surface area contributed by atoms with E-state index in [0.717, 1.165) is 26.2 Å². The van der Waals surface area contributed by atoms with Crippen molar-refractivity contribution in [3.8, 4) is 5.75 Å². The molecule has 1 aliphatic heterocycles. The first-order valence-electron chi connectivity index (χ1n) is 7.12. The molecular weight excluding hydrogens is 287 g/mol. The predicted octanol–water partition coefficient (Wildman–Crippen LogP) is 0.937. The topological polar surface area (TPSA) is 72.5 Å². The van der Waals surface area contributed by atoms with Crippen molar-refractivity contribution in [3.63, 3.8) is 0 Å². The Labute approximate surface area is 126 Å². The van der Waals surface area contributed by atoms with Crippen LogP contribution in [0.2, 0.25) is 0 Å². The van der Waals surface area contributed by atoms with E-state index < -0.39 is 5.82 Å². The van der Waals surface area contributed by atoms with Gasteiger partial charge in [0.1, 0.15) is 5.82 Å². The quantitative estimate of drug-likeness (QED) is 0.883. The fourth-order valence-corrected chi connectivity index (χ4v) is 2.59. The second kappa shape index (κ2) is 6.15. The van der Waals surface area contributed by atoms with E-state index in [1.165, 1.54) is 18.5 Å². The first kappa shape index (κ1) is 14.5. The molecule has 0 bridgehead atoms. The average Bonchev–Trinajstić information content (AvgIpc) is 2.53. The number of aromatic nitrogens is 2. The molecule has 2 N–H and O–H groups in total. The van der Waals surface area contributed by atoms with Crippen LogP contribution in [0.1, 0.15) is 5.56 Å². The smallest absolute Gasteiger partial charge is 0.252 e. The van der Waals surface area contributed by atoms with Crippen LogP contribution in [-0.2, 0) is 6.54 Å². The van der Waals surface area contributed by atoms with Gasteiger partial charge < -0.3 is 15.0 Å². The lowest BCUT2D eigenvalue weighted by Crippen LogP contribution is -2.46. The molecule has 0 spiro atoms. The highest BCUT2D eigenvalue weighted by Crippen LogP contribution is 2.23. The molecule has 0 aliphatic carbocycles. The number of hydrogen-bond acceptors (Lipinski definition) is 5. The van der Waals surface area contributed by atoms with Crippen molar-refractivity contribution in [2.24, 2.45) is 0 Å². The Kier molecular flexibility index (Phi) is 4.06. The lowest BCUT2D eigenvalue weighted by molar-refractivity contribution is 0.245. The van der Waals surface area contributed by atoms with Crippen LogP contribution in [0.25, 0.3) is 0 Å². The first-order valence-corrected chi connectivity index (χ1v) is 7.12. The molecule has 3 rings (SSSR count). The second-order valence-corrected chi connectivity index (χ2v) is 5.28. The van der Waals surface area contributed by atoms with Crippen LogP contribution in [0.3, 0.4) is 0 Å². The number of hydrogen-bond donors (Lipinski definition) is 2. The number of anilines is 1. The van der Waals surface area contributed by atoms with Crippen molar-refractivity contribution in [2.45, 2.75) is 6.54 Å². The maximum absolute atomic E-state index is 13.3. The van der Waals surface area contributed by atoms with E-state index in [-0.39, 0.29) is 11.3 Å². The monoisotopic (exact) mass is 304 g/mol. The van der Waals surface area contributed by atoms with E-state index >= 15 is 0 Å². The molecule has 1 aromatic carbocycles. The summed E-state index contributed by atoms with van der Waals surface area (Å²) in [6.45, 7) is 3.47.